The first kappa shape index (κ1) is 10.1. The molecule has 0 amide bonds. The van der Waals surface area contributed by atoms with Crippen LogP contribution in [0.4, 0.5) is 0 Å². The van der Waals surface area contributed by atoms with Crippen molar-refractivity contribution in [2.75, 3.05) is 5.88 Å². The smallest absolute Gasteiger partial charge is 0.156 e. The van der Waals surface area contributed by atoms with Crippen molar-refractivity contribution in [3.05, 3.63) is 36.5 Å². The number of hydrogen-bond acceptors (Lipinski definition) is 3. The predicted octanol–water partition coefficient (Wildman–Crippen LogP) is 1.83. The highest BCUT2D eigenvalue weighted by Crippen LogP contribution is 2.06. The van der Waals surface area contributed by atoms with Gasteiger partial charge in [0.1, 0.15) is 6.33 Å². The minimum Gasteiger partial charge on any atom is -0.245 e. The molecule has 2 heterocycles. The van der Waals surface area contributed by atoms with Crippen molar-refractivity contribution in [1.29, 1.82) is 0 Å². The Bertz CT molecular complexity index is 412. The van der Waals surface area contributed by atoms with E-state index >= 15 is 0 Å². The lowest BCUT2D eigenvalue weighted by molar-refractivity contribution is 0.837. The van der Waals surface area contributed by atoms with E-state index in [9.17, 15) is 0 Å². The Hall–Kier alpha value is -1.42. The van der Waals surface area contributed by atoms with Gasteiger partial charge in [-0.25, -0.2) is 14.6 Å². The van der Waals surface area contributed by atoms with Crippen molar-refractivity contribution in [2.45, 2.75) is 12.8 Å². The number of rotatable bonds is 4. The number of alkyl halides is 1. The quantitative estimate of drug-likeness (QED) is 0.742. The third-order valence-corrected chi connectivity index (χ3v) is 2.30. The molecule has 0 atom stereocenters. The van der Waals surface area contributed by atoms with Crippen LogP contribution in [-0.4, -0.2) is 25.6 Å². The highest BCUT2D eigenvalue weighted by Gasteiger charge is 2.00. The van der Waals surface area contributed by atoms with Crippen molar-refractivity contribution in [2.24, 2.45) is 0 Å². The maximum absolute atomic E-state index is 5.63. The summed E-state index contributed by atoms with van der Waals surface area (Å²) in [4.78, 5) is 7.96. The molecule has 0 aliphatic carbocycles. The van der Waals surface area contributed by atoms with E-state index in [0.29, 0.717) is 5.88 Å². The molecule has 0 bridgehead atoms. The molecule has 2 rings (SSSR count). The van der Waals surface area contributed by atoms with Crippen LogP contribution in [0.2, 0.25) is 0 Å². The number of nitrogens with zero attached hydrogens (tertiary/aromatic N) is 4. The largest absolute Gasteiger partial charge is 0.245 e. The molecular weight excluding hydrogens is 212 g/mol. The van der Waals surface area contributed by atoms with Crippen LogP contribution in [-0.2, 0) is 6.42 Å². The average molecular weight is 223 g/mol. The SMILES string of the molecule is ClCCCc1cnn(-c2ccncn2)c1. The van der Waals surface area contributed by atoms with Crippen LogP contribution in [0.5, 0.6) is 0 Å². The second-order valence-corrected chi connectivity index (χ2v) is 3.53. The van der Waals surface area contributed by atoms with Gasteiger partial charge in [0.15, 0.2) is 5.82 Å². The second kappa shape index (κ2) is 4.89. The van der Waals surface area contributed by atoms with E-state index < -0.39 is 0 Å². The van der Waals surface area contributed by atoms with Crippen LogP contribution >= 0.6 is 11.6 Å². The van der Waals surface area contributed by atoms with Crippen molar-refractivity contribution < 1.29 is 0 Å². The van der Waals surface area contributed by atoms with Gasteiger partial charge >= 0.3 is 0 Å². The van der Waals surface area contributed by atoms with Gasteiger partial charge in [-0.2, -0.15) is 5.10 Å². The van der Waals surface area contributed by atoms with Crippen LogP contribution in [0.1, 0.15) is 12.0 Å². The summed E-state index contributed by atoms with van der Waals surface area (Å²) in [6.45, 7) is 0. The molecule has 0 N–H and O–H groups in total. The zero-order valence-electron chi connectivity index (χ0n) is 8.17. The summed E-state index contributed by atoms with van der Waals surface area (Å²) in [5, 5.41) is 4.22. The molecule has 78 valence electrons. The molecule has 5 heteroatoms. The summed E-state index contributed by atoms with van der Waals surface area (Å²) in [6.07, 6.45) is 8.94. The maximum atomic E-state index is 5.63. The Morgan fingerprint density at radius 3 is 3.07 bits per heavy atom. The summed E-state index contributed by atoms with van der Waals surface area (Å²) < 4.78 is 1.74. The number of halogens is 1. The summed E-state index contributed by atoms with van der Waals surface area (Å²) >= 11 is 5.63. The predicted molar refractivity (Wildman–Crippen MR) is 58.2 cm³/mol. The lowest BCUT2D eigenvalue weighted by Gasteiger charge is -1.97. The molecule has 0 aliphatic heterocycles. The van der Waals surface area contributed by atoms with Crippen LogP contribution in [0.25, 0.3) is 5.82 Å². The van der Waals surface area contributed by atoms with E-state index in [1.54, 1.807) is 10.9 Å². The van der Waals surface area contributed by atoms with E-state index in [-0.39, 0.29) is 0 Å². The van der Waals surface area contributed by atoms with E-state index in [4.69, 9.17) is 11.6 Å². The minimum atomic E-state index is 0.679. The van der Waals surface area contributed by atoms with Crippen molar-refractivity contribution >= 4 is 11.6 Å². The molecule has 0 aromatic carbocycles. The van der Waals surface area contributed by atoms with Crippen molar-refractivity contribution in [1.82, 2.24) is 19.7 Å². The lowest BCUT2D eigenvalue weighted by Crippen LogP contribution is -1.97. The van der Waals surface area contributed by atoms with Gasteiger partial charge in [0.05, 0.1) is 6.20 Å². The van der Waals surface area contributed by atoms with Gasteiger partial charge in [-0.05, 0) is 18.4 Å². The summed E-state index contributed by atoms with van der Waals surface area (Å²) in [6, 6.07) is 1.82. The third-order valence-electron chi connectivity index (χ3n) is 2.04. The van der Waals surface area contributed by atoms with Gasteiger partial charge < -0.3 is 0 Å². The monoisotopic (exact) mass is 222 g/mol. The molecule has 15 heavy (non-hydrogen) atoms. The lowest BCUT2D eigenvalue weighted by atomic mass is 10.2. The van der Waals surface area contributed by atoms with Gasteiger partial charge in [-0.1, -0.05) is 0 Å². The normalized spacial score (nSPS) is 10.5. The zero-order valence-corrected chi connectivity index (χ0v) is 8.93. The van der Waals surface area contributed by atoms with Gasteiger partial charge in [0, 0.05) is 24.3 Å². The van der Waals surface area contributed by atoms with Crippen molar-refractivity contribution in [3.63, 3.8) is 0 Å². The molecule has 0 unspecified atom stereocenters. The van der Waals surface area contributed by atoms with Crippen molar-refractivity contribution in [3.8, 4) is 5.82 Å². The average Bonchev–Trinajstić information content (AvgIpc) is 2.76. The fourth-order valence-electron chi connectivity index (χ4n) is 1.30. The van der Waals surface area contributed by atoms with Gasteiger partial charge in [-0.15, -0.1) is 11.6 Å². The molecule has 0 spiro atoms. The molecule has 0 fully saturated rings. The number of aromatic nitrogens is 4. The highest BCUT2D eigenvalue weighted by molar-refractivity contribution is 6.17. The van der Waals surface area contributed by atoms with E-state index in [0.717, 1.165) is 18.7 Å². The van der Waals surface area contributed by atoms with Gasteiger partial charge in [0.25, 0.3) is 0 Å². The fraction of sp³-hybridized carbons (Fsp3) is 0.300. The van der Waals surface area contributed by atoms with E-state index in [1.165, 1.54) is 11.9 Å². The summed E-state index contributed by atoms with van der Waals surface area (Å²) in [5.41, 5.74) is 1.18. The standard InChI is InChI=1S/C10H11ClN4/c11-4-1-2-9-6-14-15(7-9)10-3-5-12-8-13-10/h3,5-8H,1-2,4H2. The van der Waals surface area contributed by atoms with E-state index in [2.05, 4.69) is 15.1 Å². The van der Waals surface area contributed by atoms with Crippen LogP contribution in [0.3, 0.4) is 0 Å². The fourth-order valence-corrected chi connectivity index (χ4v) is 1.44. The highest BCUT2D eigenvalue weighted by atomic mass is 35.5. The molecule has 0 saturated carbocycles. The van der Waals surface area contributed by atoms with E-state index in [1.807, 2.05) is 18.5 Å². The van der Waals surface area contributed by atoms with Crippen LogP contribution in [0.15, 0.2) is 31.0 Å². The minimum absolute atomic E-state index is 0.679. The first-order valence-corrected chi connectivity index (χ1v) is 5.29. The van der Waals surface area contributed by atoms with Gasteiger partial charge in [-0.3, -0.25) is 0 Å². The second-order valence-electron chi connectivity index (χ2n) is 3.15. The first-order chi connectivity index (χ1) is 7.40. The maximum Gasteiger partial charge on any atom is 0.156 e. The molecule has 0 radical (unpaired) electrons. The number of aryl methyl sites for hydroxylation is 1. The molecule has 0 aliphatic rings. The zero-order chi connectivity index (χ0) is 10.5. The summed E-state index contributed by atoms with van der Waals surface area (Å²) in [7, 11) is 0. The Kier molecular flexibility index (Phi) is 3.29. The molecule has 2 aromatic rings. The molecular formula is C10H11ClN4. The Balaban J connectivity index is 2.14. The number of hydrogen-bond donors (Lipinski definition) is 0. The third kappa shape index (κ3) is 2.53. The Labute approximate surface area is 92.9 Å². The molecule has 2 aromatic heterocycles. The van der Waals surface area contributed by atoms with Gasteiger partial charge in [0.2, 0.25) is 0 Å². The summed E-state index contributed by atoms with van der Waals surface area (Å²) in [5.74, 6) is 1.46. The topological polar surface area (TPSA) is 43.6 Å². The Morgan fingerprint density at radius 1 is 1.40 bits per heavy atom. The molecule has 0 saturated heterocycles. The molecule has 4 nitrogen and oxygen atoms in total. The van der Waals surface area contributed by atoms with Crippen LogP contribution in [0, 0.1) is 0 Å². The Morgan fingerprint density at radius 2 is 2.33 bits per heavy atom. The van der Waals surface area contributed by atoms with Crippen LogP contribution < -0.4 is 0 Å². The first-order valence-electron chi connectivity index (χ1n) is 4.76.